The third kappa shape index (κ3) is 3.59. The molecule has 4 N–H and O–H groups in total. The van der Waals surface area contributed by atoms with Crippen LogP contribution in [-0.2, 0) is 0 Å². The van der Waals surface area contributed by atoms with E-state index in [-0.39, 0.29) is 24.2 Å². The summed E-state index contributed by atoms with van der Waals surface area (Å²) in [6, 6.07) is 15.7. The molecule has 0 spiro atoms. The van der Waals surface area contributed by atoms with Crippen molar-refractivity contribution in [1.29, 1.82) is 0 Å². The van der Waals surface area contributed by atoms with Gasteiger partial charge >= 0.3 is 6.03 Å². The number of hydrogen-bond acceptors (Lipinski definition) is 4. The smallest absolute Gasteiger partial charge is 0.317 e. The standard InChI is InChI=1S/C20H20ClN5O/c21-15-7-5-13(6-8-15)16(9-10-22)12-1-3-14(4-2-12)17-18-19(24-11-23-17)26-20(27)25-18/h1-8,11,16,18-19H,9-10,22H2,(H2,25,26,27). The number of nitrogens with two attached hydrogens (primary N) is 1. The minimum absolute atomic E-state index is 0.205. The molecule has 0 radical (unpaired) electrons. The first-order valence-electron chi connectivity index (χ1n) is 8.88. The van der Waals surface area contributed by atoms with E-state index >= 15 is 0 Å². The molecule has 2 aromatic carbocycles. The predicted octanol–water partition coefficient (Wildman–Crippen LogP) is 2.66. The molecule has 6 nitrogen and oxygen atoms in total. The maximum absolute atomic E-state index is 11.6. The Morgan fingerprint density at radius 3 is 2.37 bits per heavy atom. The number of nitrogens with one attached hydrogen (secondary N) is 2. The maximum atomic E-state index is 11.6. The van der Waals surface area contributed by atoms with E-state index in [1.165, 1.54) is 17.5 Å². The second-order valence-electron chi connectivity index (χ2n) is 6.62. The van der Waals surface area contributed by atoms with E-state index in [0.29, 0.717) is 6.54 Å². The van der Waals surface area contributed by atoms with Gasteiger partial charge in [0.05, 0.1) is 5.71 Å². The van der Waals surface area contributed by atoms with Crippen LogP contribution < -0.4 is 16.4 Å². The zero-order valence-electron chi connectivity index (χ0n) is 14.6. The molecule has 2 amide bonds. The number of amides is 2. The van der Waals surface area contributed by atoms with Crippen molar-refractivity contribution in [2.24, 2.45) is 15.7 Å². The molecule has 0 aromatic heterocycles. The second-order valence-corrected chi connectivity index (χ2v) is 7.06. The predicted molar refractivity (Wildman–Crippen MR) is 108 cm³/mol. The van der Waals surface area contributed by atoms with Crippen LogP contribution in [-0.4, -0.2) is 36.8 Å². The molecular weight excluding hydrogens is 362 g/mol. The zero-order chi connectivity index (χ0) is 18.8. The van der Waals surface area contributed by atoms with Crippen LogP contribution in [0.3, 0.4) is 0 Å². The summed E-state index contributed by atoms with van der Waals surface area (Å²) in [5, 5.41) is 6.37. The molecule has 0 aliphatic carbocycles. The van der Waals surface area contributed by atoms with Gasteiger partial charge in [0.1, 0.15) is 18.5 Å². The number of rotatable bonds is 5. The first-order valence-corrected chi connectivity index (χ1v) is 9.26. The van der Waals surface area contributed by atoms with Crippen LogP contribution in [0.2, 0.25) is 5.02 Å². The third-order valence-corrected chi connectivity index (χ3v) is 5.19. The van der Waals surface area contributed by atoms with Crippen LogP contribution in [0.15, 0.2) is 58.5 Å². The van der Waals surface area contributed by atoms with E-state index in [9.17, 15) is 4.79 Å². The van der Waals surface area contributed by atoms with Gasteiger partial charge in [-0.05, 0) is 41.8 Å². The number of nitrogens with zero attached hydrogens (tertiary/aromatic N) is 2. The summed E-state index contributed by atoms with van der Waals surface area (Å²) >= 11 is 6.02. The van der Waals surface area contributed by atoms with Gasteiger partial charge in [0.2, 0.25) is 0 Å². The van der Waals surface area contributed by atoms with Crippen LogP contribution in [0.25, 0.3) is 0 Å². The van der Waals surface area contributed by atoms with Crippen LogP contribution in [0.1, 0.15) is 29.0 Å². The molecule has 3 atom stereocenters. The topological polar surface area (TPSA) is 91.9 Å². The van der Waals surface area contributed by atoms with Gasteiger partial charge in [-0.15, -0.1) is 0 Å². The number of urea groups is 1. The first-order chi connectivity index (χ1) is 13.2. The van der Waals surface area contributed by atoms with Crippen molar-refractivity contribution >= 4 is 29.7 Å². The summed E-state index contributed by atoms with van der Waals surface area (Å²) < 4.78 is 0. The quantitative estimate of drug-likeness (QED) is 0.742. The fourth-order valence-electron chi connectivity index (χ4n) is 3.60. The summed E-state index contributed by atoms with van der Waals surface area (Å²) in [6.07, 6.45) is 2.05. The Morgan fingerprint density at radius 1 is 1.04 bits per heavy atom. The lowest BCUT2D eigenvalue weighted by atomic mass is 9.87. The zero-order valence-corrected chi connectivity index (χ0v) is 15.4. The molecule has 138 valence electrons. The van der Waals surface area contributed by atoms with Gasteiger partial charge in [0.25, 0.3) is 0 Å². The number of aliphatic imine (C=N–C) groups is 2. The van der Waals surface area contributed by atoms with Crippen molar-refractivity contribution < 1.29 is 4.79 Å². The molecule has 0 saturated carbocycles. The van der Waals surface area contributed by atoms with Crippen LogP contribution in [0, 0.1) is 0 Å². The van der Waals surface area contributed by atoms with E-state index in [0.717, 1.165) is 22.7 Å². The van der Waals surface area contributed by atoms with Crippen molar-refractivity contribution in [3.63, 3.8) is 0 Å². The molecule has 27 heavy (non-hydrogen) atoms. The number of halogens is 1. The Bertz CT molecular complexity index is 892. The summed E-state index contributed by atoms with van der Waals surface area (Å²) in [5.41, 5.74) is 9.99. The fraction of sp³-hybridized carbons (Fsp3) is 0.250. The van der Waals surface area contributed by atoms with Crippen molar-refractivity contribution in [3.8, 4) is 0 Å². The SMILES string of the molecule is NCCC(c1ccc(Cl)cc1)c1ccc(C2=NC=NC3NC(=O)NC23)cc1. The average Bonchev–Trinajstić information content (AvgIpc) is 3.07. The number of benzene rings is 2. The minimum atomic E-state index is -0.302. The fourth-order valence-corrected chi connectivity index (χ4v) is 3.72. The molecule has 7 heteroatoms. The van der Waals surface area contributed by atoms with Crippen LogP contribution in [0.5, 0.6) is 0 Å². The van der Waals surface area contributed by atoms with Gasteiger partial charge in [0.15, 0.2) is 0 Å². The number of hydrogen-bond donors (Lipinski definition) is 3. The normalized spacial score (nSPS) is 21.9. The Labute approximate surface area is 162 Å². The Morgan fingerprint density at radius 2 is 1.70 bits per heavy atom. The highest BCUT2D eigenvalue weighted by molar-refractivity contribution is 6.30. The highest BCUT2D eigenvalue weighted by atomic mass is 35.5. The van der Waals surface area contributed by atoms with E-state index in [1.807, 2.05) is 36.4 Å². The highest BCUT2D eigenvalue weighted by Gasteiger charge is 2.36. The number of carbonyl (C=O) groups excluding carboxylic acids is 1. The monoisotopic (exact) mass is 381 g/mol. The molecule has 0 bridgehead atoms. The molecule has 4 rings (SSSR count). The number of fused-ring (bicyclic) bond motifs is 1. The largest absolute Gasteiger partial charge is 0.330 e. The number of carbonyl (C=O) groups is 1. The lowest BCUT2D eigenvalue weighted by molar-refractivity contribution is 0.247. The lowest BCUT2D eigenvalue weighted by Gasteiger charge is -2.21. The van der Waals surface area contributed by atoms with Crippen molar-refractivity contribution in [3.05, 3.63) is 70.2 Å². The molecule has 2 aliphatic heterocycles. The molecule has 2 aliphatic rings. The summed E-state index contributed by atoms with van der Waals surface area (Å²) in [4.78, 5) is 20.2. The maximum Gasteiger partial charge on any atom is 0.317 e. The molecule has 2 aromatic rings. The summed E-state index contributed by atoms with van der Waals surface area (Å²) in [6.45, 7) is 0.597. The van der Waals surface area contributed by atoms with Crippen molar-refractivity contribution in [2.75, 3.05) is 6.54 Å². The Balaban J connectivity index is 1.61. The van der Waals surface area contributed by atoms with Crippen molar-refractivity contribution in [1.82, 2.24) is 10.6 Å². The minimum Gasteiger partial charge on any atom is -0.330 e. The molecule has 2 heterocycles. The Kier molecular flexibility index (Phi) is 4.92. The van der Waals surface area contributed by atoms with Gasteiger partial charge in [-0.2, -0.15) is 0 Å². The second kappa shape index (κ2) is 7.50. The molecular formula is C20H20ClN5O. The lowest BCUT2D eigenvalue weighted by Crippen LogP contribution is -2.42. The van der Waals surface area contributed by atoms with Gasteiger partial charge in [0, 0.05) is 10.9 Å². The van der Waals surface area contributed by atoms with Gasteiger partial charge in [-0.3, -0.25) is 0 Å². The van der Waals surface area contributed by atoms with Gasteiger partial charge < -0.3 is 16.4 Å². The third-order valence-electron chi connectivity index (χ3n) is 4.94. The van der Waals surface area contributed by atoms with E-state index < -0.39 is 0 Å². The van der Waals surface area contributed by atoms with E-state index in [4.69, 9.17) is 17.3 Å². The highest BCUT2D eigenvalue weighted by Crippen LogP contribution is 2.29. The van der Waals surface area contributed by atoms with Gasteiger partial charge in [-0.25, -0.2) is 14.8 Å². The van der Waals surface area contributed by atoms with Crippen LogP contribution in [0.4, 0.5) is 4.79 Å². The molecule has 1 fully saturated rings. The molecule has 3 unspecified atom stereocenters. The summed E-state index contributed by atoms with van der Waals surface area (Å²) in [7, 11) is 0. The van der Waals surface area contributed by atoms with Crippen molar-refractivity contribution in [2.45, 2.75) is 24.5 Å². The molecule has 1 saturated heterocycles. The summed E-state index contributed by atoms with van der Waals surface area (Å²) in [5.74, 6) is 0.205. The average molecular weight is 382 g/mol. The van der Waals surface area contributed by atoms with Crippen LogP contribution >= 0.6 is 11.6 Å². The Hall–Kier alpha value is -2.70. The van der Waals surface area contributed by atoms with E-state index in [2.05, 4.69) is 32.8 Å². The first kappa shape index (κ1) is 17.7. The van der Waals surface area contributed by atoms with E-state index in [1.54, 1.807) is 0 Å². The van der Waals surface area contributed by atoms with Gasteiger partial charge in [-0.1, -0.05) is 48.0 Å².